The molecule has 0 bridgehead atoms. The van der Waals surface area contributed by atoms with Crippen molar-refractivity contribution in [2.24, 2.45) is 5.92 Å². The Kier molecular flexibility index (Phi) is 6.32. The van der Waals surface area contributed by atoms with Gasteiger partial charge in [-0.3, -0.25) is 0 Å². The van der Waals surface area contributed by atoms with Crippen molar-refractivity contribution in [1.82, 2.24) is 5.32 Å². The summed E-state index contributed by atoms with van der Waals surface area (Å²) in [5.74, 6) is 0.614. The van der Waals surface area contributed by atoms with Crippen molar-refractivity contribution in [2.75, 3.05) is 19.8 Å². The van der Waals surface area contributed by atoms with Gasteiger partial charge in [-0.2, -0.15) is 0 Å². The highest BCUT2D eigenvalue weighted by atomic mass is 16.5. The highest BCUT2D eigenvalue weighted by Crippen LogP contribution is 2.23. The molecule has 0 heterocycles. The van der Waals surface area contributed by atoms with Crippen molar-refractivity contribution in [1.29, 1.82) is 0 Å². The fourth-order valence-electron chi connectivity index (χ4n) is 1.90. The first kappa shape index (κ1) is 13.9. The molecule has 1 aliphatic carbocycles. The standard InChI is InChI=1S/C13H27NO2/c1-10(2)9-15-5-6-16-13-7-12(8-13)14-11(3)4/h10-14H,5-9H2,1-4H3. The lowest BCUT2D eigenvalue weighted by Gasteiger charge is -2.37. The molecule has 1 N–H and O–H groups in total. The van der Waals surface area contributed by atoms with Crippen molar-refractivity contribution in [2.45, 2.75) is 58.7 Å². The predicted molar refractivity (Wildman–Crippen MR) is 66.7 cm³/mol. The van der Waals surface area contributed by atoms with E-state index in [1.54, 1.807) is 0 Å². The van der Waals surface area contributed by atoms with Crippen LogP contribution in [0.15, 0.2) is 0 Å². The van der Waals surface area contributed by atoms with Gasteiger partial charge >= 0.3 is 0 Å². The Hall–Kier alpha value is -0.120. The van der Waals surface area contributed by atoms with E-state index in [1.807, 2.05) is 0 Å². The monoisotopic (exact) mass is 229 g/mol. The van der Waals surface area contributed by atoms with E-state index >= 15 is 0 Å². The van der Waals surface area contributed by atoms with Crippen molar-refractivity contribution >= 4 is 0 Å². The number of nitrogens with one attached hydrogen (secondary N) is 1. The lowest BCUT2D eigenvalue weighted by molar-refractivity contribution is -0.0453. The molecule has 1 fully saturated rings. The second-order valence-electron chi connectivity index (χ2n) is 5.45. The number of rotatable bonds is 8. The third-order valence-electron chi connectivity index (χ3n) is 2.70. The molecule has 0 aromatic rings. The van der Waals surface area contributed by atoms with Crippen LogP contribution in [-0.4, -0.2) is 38.0 Å². The van der Waals surface area contributed by atoms with E-state index in [0.717, 1.165) is 32.7 Å². The summed E-state index contributed by atoms with van der Waals surface area (Å²) in [7, 11) is 0. The SMILES string of the molecule is CC(C)COCCOC1CC(NC(C)C)C1. The van der Waals surface area contributed by atoms with Crippen LogP contribution in [0.25, 0.3) is 0 Å². The quantitative estimate of drug-likeness (QED) is 0.647. The predicted octanol–water partition coefficient (Wildman–Crippen LogP) is 2.20. The smallest absolute Gasteiger partial charge is 0.0704 e. The Labute approximate surface area is 99.9 Å². The fraction of sp³-hybridized carbons (Fsp3) is 1.00. The van der Waals surface area contributed by atoms with Crippen LogP contribution in [0.5, 0.6) is 0 Å². The van der Waals surface area contributed by atoms with Gasteiger partial charge in [0.05, 0.1) is 19.3 Å². The summed E-state index contributed by atoms with van der Waals surface area (Å²) in [4.78, 5) is 0. The number of ether oxygens (including phenoxy) is 2. The van der Waals surface area contributed by atoms with Crippen molar-refractivity contribution < 1.29 is 9.47 Å². The van der Waals surface area contributed by atoms with Gasteiger partial charge in [0.15, 0.2) is 0 Å². The highest BCUT2D eigenvalue weighted by Gasteiger charge is 2.29. The molecule has 16 heavy (non-hydrogen) atoms. The average Bonchev–Trinajstić information content (AvgIpc) is 2.11. The second kappa shape index (κ2) is 7.25. The molecule has 3 heteroatoms. The molecule has 0 aliphatic heterocycles. The van der Waals surface area contributed by atoms with Gasteiger partial charge in [-0.15, -0.1) is 0 Å². The molecule has 0 aromatic carbocycles. The molecular weight excluding hydrogens is 202 g/mol. The zero-order valence-electron chi connectivity index (χ0n) is 11.2. The van der Waals surface area contributed by atoms with Crippen LogP contribution >= 0.6 is 0 Å². The molecular formula is C13H27NO2. The maximum Gasteiger partial charge on any atom is 0.0704 e. The Bertz CT molecular complexity index is 177. The van der Waals surface area contributed by atoms with Crippen LogP contribution < -0.4 is 5.32 Å². The van der Waals surface area contributed by atoms with Gasteiger partial charge in [0, 0.05) is 18.7 Å². The van der Waals surface area contributed by atoms with Crippen LogP contribution in [0.4, 0.5) is 0 Å². The first-order valence-electron chi connectivity index (χ1n) is 6.53. The molecule has 1 rings (SSSR count). The topological polar surface area (TPSA) is 30.5 Å². The Morgan fingerprint density at radius 1 is 1.12 bits per heavy atom. The summed E-state index contributed by atoms with van der Waals surface area (Å²) < 4.78 is 11.2. The van der Waals surface area contributed by atoms with Gasteiger partial charge in [-0.05, 0) is 18.8 Å². The number of hydrogen-bond acceptors (Lipinski definition) is 3. The summed E-state index contributed by atoms with van der Waals surface area (Å²) >= 11 is 0. The zero-order valence-corrected chi connectivity index (χ0v) is 11.2. The third kappa shape index (κ3) is 5.83. The molecule has 1 saturated carbocycles. The highest BCUT2D eigenvalue weighted by molar-refractivity contribution is 4.86. The lowest BCUT2D eigenvalue weighted by atomic mass is 9.89. The summed E-state index contributed by atoms with van der Waals surface area (Å²) in [6, 6.07) is 1.25. The maximum atomic E-state index is 5.71. The fourth-order valence-corrected chi connectivity index (χ4v) is 1.90. The first-order chi connectivity index (χ1) is 7.58. The van der Waals surface area contributed by atoms with Gasteiger partial charge < -0.3 is 14.8 Å². The molecule has 96 valence electrons. The molecule has 0 atom stereocenters. The first-order valence-corrected chi connectivity index (χ1v) is 6.53. The number of hydrogen-bond donors (Lipinski definition) is 1. The zero-order chi connectivity index (χ0) is 12.0. The van der Waals surface area contributed by atoms with E-state index in [9.17, 15) is 0 Å². The van der Waals surface area contributed by atoms with Crippen LogP contribution in [0.3, 0.4) is 0 Å². The minimum absolute atomic E-state index is 0.457. The van der Waals surface area contributed by atoms with Gasteiger partial charge in [-0.25, -0.2) is 0 Å². The van der Waals surface area contributed by atoms with Crippen LogP contribution in [-0.2, 0) is 9.47 Å². The summed E-state index contributed by atoms with van der Waals surface area (Å²) in [6.45, 7) is 11.0. The third-order valence-corrected chi connectivity index (χ3v) is 2.70. The minimum atomic E-state index is 0.457. The van der Waals surface area contributed by atoms with Crippen molar-refractivity contribution in [3.8, 4) is 0 Å². The molecule has 0 amide bonds. The summed E-state index contributed by atoms with van der Waals surface area (Å²) in [5, 5.41) is 3.51. The Morgan fingerprint density at radius 2 is 1.81 bits per heavy atom. The van der Waals surface area contributed by atoms with E-state index in [-0.39, 0.29) is 0 Å². The summed E-state index contributed by atoms with van der Waals surface area (Å²) in [6.07, 6.45) is 2.77. The molecule has 0 radical (unpaired) electrons. The van der Waals surface area contributed by atoms with Crippen molar-refractivity contribution in [3.05, 3.63) is 0 Å². The van der Waals surface area contributed by atoms with Gasteiger partial charge in [0.2, 0.25) is 0 Å². The molecule has 0 spiro atoms. The van der Waals surface area contributed by atoms with Crippen LogP contribution in [0, 0.1) is 5.92 Å². The van der Waals surface area contributed by atoms with Gasteiger partial charge in [0.25, 0.3) is 0 Å². The minimum Gasteiger partial charge on any atom is -0.379 e. The van der Waals surface area contributed by atoms with Crippen LogP contribution in [0.1, 0.15) is 40.5 Å². The lowest BCUT2D eigenvalue weighted by Crippen LogP contribution is -2.48. The Balaban J connectivity index is 1.86. The normalized spacial score (nSPS) is 25.1. The van der Waals surface area contributed by atoms with Crippen molar-refractivity contribution in [3.63, 3.8) is 0 Å². The average molecular weight is 229 g/mol. The molecule has 0 unspecified atom stereocenters. The van der Waals surface area contributed by atoms with E-state index in [4.69, 9.17) is 9.47 Å². The van der Waals surface area contributed by atoms with Gasteiger partial charge in [-0.1, -0.05) is 27.7 Å². The van der Waals surface area contributed by atoms with Gasteiger partial charge in [0.1, 0.15) is 0 Å². The largest absolute Gasteiger partial charge is 0.379 e. The summed E-state index contributed by atoms with van der Waals surface area (Å²) in [5.41, 5.74) is 0. The van der Waals surface area contributed by atoms with E-state index < -0.39 is 0 Å². The van der Waals surface area contributed by atoms with E-state index in [1.165, 1.54) is 0 Å². The second-order valence-corrected chi connectivity index (χ2v) is 5.45. The molecule has 0 aromatic heterocycles. The van der Waals surface area contributed by atoms with E-state index in [0.29, 0.717) is 24.1 Å². The maximum absolute atomic E-state index is 5.71. The Morgan fingerprint density at radius 3 is 2.38 bits per heavy atom. The van der Waals surface area contributed by atoms with E-state index in [2.05, 4.69) is 33.0 Å². The molecule has 1 aliphatic rings. The molecule has 0 saturated heterocycles. The van der Waals surface area contributed by atoms with Crippen LogP contribution in [0.2, 0.25) is 0 Å². The molecule has 3 nitrogen and oxygen atoms in total.